The first-order valence-electron chi connectivity index (χ1n) is 7.09. The van der Waals surface area contributed by atoms with Crippen LogP contribution in [0.2, 0.25) is 0 Å². The summed E-state index contributed by atoms with van der Waals surface area (Å²) in [4.78, 5) is 11.0. The number of nitrogens with one attached hydrogen (secondary N) is 1. The monoisotopic (exact) mass is 321 g/mol. The maximum Gasteiger partial charge on any atom is 0.236 e. The van der Waals surface area contributed by atoms with Gasteiger partial charge in [0.2, 0.25) is 5.91 Å². The van der Waals surface area contributed by atoms with Crippen LogP contribution in [0.1, 0.15) is 31.3 Å². The number of carbonyl (C=O) groups is 1. The van der Waals surface area contributed by atoms with Crippen molar-refractivity contribution >= 4 is 29.1 Å². The Hall–Kier alpha value is -1.70. The second-order valence-corrected chi connectivity index (χ2v) is 5.36. The van der Waals surface area contributed by atoms with Gasteiger partial charge in [0, 0.05) is 18.8 Å². The van der Waals surface area contributed by atoms with Crippen LogP contribution in [-0.2, 0) is 14.3 Å². The lowest BCUT2D eigenvalue weighted by Gasteiger charge is -2.17. The van der Waals surface area contributed by atoms with E-state index in [4.69, 9.17) is 9.47 Å². The van der Waals surface area contributed by atoms with Crippen molar-refractivity contribution in [3.63, 3.8) is 0 Å². The van der Waals surface area contributed by atoms with Crippen molar-refractivity contribution in [1.29, 1.82) is 0 Å². The molecule has 1 fully saturated rings. The van der Waals surface area contributed by atoms with Crippen LogP contribution in [-0.4, -0.2) is 36.3 Å². The summed E-state index contributed by atoms with van der Waals surface area (Å²) in [5, 5.41) is 11.1. The SMILES string of the molecule is CCOC(OCC)c1ccc(C=NN=C2NC(=O)CS2)cc1. The van der Waals surface area contributed by atoms with E-state index in [1.807, 2.05) is 38.1 Å². The Balaban J connectivity index is 1.97. The normalized spacial score (nSPS) is 16.9. The third kappa shape index (κ3) is 4.94. The molecule has 2 rings (SSSR count). The molecule has 22 heavy (non-hydrogen) atoms. The van der Waals surface area contributed by atoms with Crippen molar-refractivity contribution in [3.8, 4) is 0 Å². The fourth-order valence-electron chi connectivity index (χ4n) is 1.81. The topological polar surface area (TPSA) is 72.3 Å². The van der Waals surface area contributed by atoms with Crippen LogP contribution >= 0.6 is 11.8 Å². The summed E-state index contributed by atoms with van der Waals surface area (Å²) in [7, 11) is 0. The molecule has 1 aromatic carbocycles. The Kier molecular flexibility index (Phi) is 6.57. The maximum atomic E-state index is 11.0. The number of rotatable bonds is 7. The van der Waals surface area contributed by atoms with Crippen LogP contribution in [0.25, 0.3) is 0 Å². The minimum absolute atomic E-state index is 0.0406. The van der Waals surface area contributed by atoms with Gasteiger partial charge in [-0.2, -0.15) is 5.10 Å². The van der Waals surface area contributed by atoms with E-state index in [-0.39, 0.29) is 12.2 Å². The quantitative estimate of drug-likeness (QED) is 0.475. The highest BCUT2D eigenvalue weighted by atomic mass is 32.2. The standard InChI is InChI=1S/C15H19N3O3S/c1-3-20-14(21-4-2)12-7-5-11(6-8-12)9-16-18-15-17-13(19)10-22-15/h5-9,14H,3-4,10H2,1-2H3,(H,17,18,19). The van der Waals surface area contributed by atoms with E-state index < -0.39 is 0 Å². The van der Waals surface area contributed by atoms with Gasteiger partial charge in [0.25, 0.3) is 0 Å². The van der Waals surface area contributed by atoms with E-state index in [0.717, 1.165) is 11.1 Å². The van der Waals surface area contributed by atoms with Crippen molar-refractivity contribution in [2.75, 3.05) is 19.0 Å². The summed E-state index contributed by atoms with van der Waals surface area (Å²) in [6.07, 6.45) is 1.30. The highest BCUT2D eigenvalue weighted by Crippen LogP contribution is 2.19. The molecule has 0 spiro atoms. The van der Waals surface area contributed by atoms with Crippen molar-refractivity contribution in [2.24, 2.45) is 10.2 Å². The molecule has 0 aromatic heterocycles. The Labute approximate surface area is 134 Å². The lowest BCUT2D eigenvalue weighted by atomic mass is 10.1. The molecule has 1 aliphatic rings. The molecule has 0 radical (unpaired) electrons. The summed E-state index contributed by atoms with van der Waals surface area (Å²) in [6, 6.07) is 7.72. The molecule has 1 amide bonds. The highest BCUT2D eigenvalue weighted by molar-refractivity contribution is 8.15. The molecular formula is C15H19N3O3S. The molecule has 118 valence electrons. The smallest absolute Gasteiger partial charge is 0.236 e. The fourth-order valence-corrected chi connectivity index (χ4v) is 2.44. The van der Waals surface area contributed by atoms with Gasteiger partial charge >= 0.3 is 0 Å². The van der Waals surface area contributed by atoms with Crippen molar-refractivity contribution in [2.45, 2.75) is 20.1 Å². The number of carbonyl (C=O) groups excluding carboxylic acids is 1. The van der Waals surface area contributed by atoms with Gasteiger partial charge in [0.1, 0.15) is 0 Å². The molecular weight excluding hydrogens is 302 g/mol. The minimum Gasteiger partial charge on any atom is -0.349 e. The number of thioether (sulfide) groups is 1. The molecule has 1 saturated heterocycles. The molecule has 1 N–H and O–H groups in total. The van der Waals surface area contributed by atoms with Crippen molar-refractivity contribution < 1.29 is 14.3 Å². The van der Waals surface area contributed by atoms with E-state index in [1.54, 1.807) is 6.21 Å². The third-order valence-electron chi connectivity index (χ3n) is 2.79. The molecule has 7 heteroatoms. The molecule has 0 bridgehead atoms. The van der Waals surface area contributed by atoms with E-state index in [9.17, 15) is 4.79 Å². The first-order valence-corrected chi connectivity index (χ1v) is 8.08. The van der Waals surface area contributed by atoms with Crippen molar-refractivity contribution in [3.05, 3.63) is 35.4 Å². The van der Waals surface area contributed by atoms with E-state index in [2.05, 4.69) is 15.5 Å². The maximum absolute atomic E-state index is 11.0. The minimum atomic E-state index is -0.341. The van der Waals surface area contributed by atoms with Crippen LogP contribution in [0.5, 0.6) is 0 Å². The average molecular weight is 321 g/mol. The molecule has 0 atom stereocenters. The van der Waals surface area contributed by atoms with E-state index in [0.29, 0.717) is 24.1 Å². The lowest BCUT2D eigenvalue weighted by molar-refractivity contribution is -0.140. The third-order valence-corrected chi connectivity index (χ3v) is 3.65. The highest BCUT2D eigenvalue weighted by Gasteiger charge is 2.16. The summed E-state index contributed by atoms with van der Waals surface area (Å²) < 4.78 is 11.1. The number of amides is 1. The molecule has 6 nitrogen and oxygen atoms in total. The van der Waals surface area contributed by atoms with Gasteiger partial charge in [-0.05, 0) is 19.4 Å². The summed E-state index contributed by atoms with van der Waals surface area (Å²) >= 11 is 1.35. The van der Waals surface area contributed by atoms with Crippen molar-refractivity contribution in [1.82, 2.24) is 5.32 Å². The van der Waals surface area contributed by atoms with Gasteiger partial charge in [-0.3, -0.25) is 4.79 Å². The molecule has 0 aliphatic carbocycles. The lowest BCUT2D eigenvalue weighted by Crippen LogP contribution is -2.19. The van der Waals surface area contributed by atoms with Crippen LogP contribution in [0.15, 0.2) is 34.5 Å². The predicted molar refractivity (Wildman–Crippen MR) is 88.1 cm³/mol. The van der Waals surface area contributed by atoms with Gasteiger partial charge in [-0.1, -0.05) is 36.0 Å². The average Bonchev–Trinajstić information content (AvgIpc) is 2.93. The first kappa shape index (κ1) is 16.7. The van der Waals surface area contributed by atoms with Gasteiger partial charge < -0.3 is 14.8 Å². The van der Waals surface area contributed by atoms with Gasteiger partial charge in [0.05, 0.1) is 12.0 Å². The number of benzene rings is 1. The number of amidine groups is 1. The fraction of sp³-hybridized carbons (Fsp3) is 0.400. The summed E-state index contributed by atoms with van der Waals surface area (Å²) in [6.45, 7) is 5.06. The molecule has 0 unspecified atom stereocenters. The van der Waals surface area contributed by atoms with Gasteiger partial charge in [-0.25, -0.2) is 0 Å². The van der Waals surface area contributed by atoms with Gasteiger partial charge in [0.15, 0.2) is 11.5 Å². The van der Waals surface area contributed by atoms with Crippen LogP contribution in [0.4, 0.5) is 0 Å². The molecule has 1 heterocycles. The zero-order chi connectivity index (χ0) is 15.8. The zero-order valence-corrected chi connectivity index (χ0v) is 13.4. The Morgan fingerprint density at radius 1 is 1.27 bits per heavy atom. The molecule has 1 aliphatic heterocycles. The summed E-state index contributed by atoms with van der Waals surface area (Å²) in [5.41, 5.74) is 1.87. The number of nitrogens with zero attached hydrogens (tertiary/aromatic N) is 2. The summed E-state index contributed by atoms with van der Waals surface area (Å²) in [5.74, 6) is 0.362. The number of hydrogen-bond donors (Lipinski definition) is 1. The first-order chi connectivity index (χ1) is 10.7. The second kappa shape index (κ2) is 8.67. The second-order valence-electron chi connectivity index (χ2n) is 4.40. The van der Waals surface area contributed by atoms with Crippen LogP contribution < -0.4 is 5.32 Å². The van der Waals surface area contributed by atoms with E-state index in [1.165, 1.54) is 11.8 Å². The Bertz CT molecular complexity index is 552. The van der Waals surface area contributed by atoms with E-state index >= 15 is 0 Å². The zero-order valence-electron chi connectivity index (χ0n) is 12.6. The van der Waals surface area contributed by atoms with Crippen LogP contribution in [0.3, 0.4) is 0 Å². The predicted octanol–water partition coefficient (Wildman–Crippen LogP) is 2.31. The number of hydrogen-bond acceptors (Lipinski definition) is 6. The van der Waals surface area contributed by atoms with Crippen LogP contribution in [0, 0.1) is 0 Å². The largest absolute Gasteiger partial charge is 0.349 e. The molecule has 0 saturated carbocycles. The Morgan fingerprint density at radius 3 is 2.50 bits per heavy atom. The Morgan fingerprint density at radius 2 is 1.95 bits per heavy atom. The molecule has 1 aromatic rings. The number of ether oxygens (including phenoxy) is 2. The van der Waals surface area contributed by atoms with Gasteiger partial charge in [-0.15, -0.1) is 5.10 Å².